The second-order valence-electron chi connectivity index (χ2n) is 9.56. The number of hydrogen-bond acceptors (Lipinski definition) is 7. The van der Waals surface area contributed by atoms with Crippen molar-refractivity contribution in [2.45, 2.75) is 54.9 Å². The summed E-state index contributed by atoms with van der Waals surface area (Å²) in [4.78, 5) is 19.2. The molecule has 6 rings (SSSR count). The molecule has 9 heteroatoms. The number of anilines is 2. The molecule has 2 aliphatic rings. The molecule has 0 unspecified atom stereocenters. The third kappa shape index (κ3) is 5.04. The smallest absolute Gasteiger partial charge is 0.269 e. The van der Waals surface area contributed by atoms with E-state index in [2.05, 4.69) is 41.7 Å². The molecule has 38 heavy (non-hydrogen) atoms. The van der Waals surface area contributed by atoms with E-state index in [1.54, 1.807) is 35.2 Å². The summed E-state index contributed by atoms with van der Waals surface area (Å²) in [5.41, 5.74) is 5.88. The van der Waals surface area contributed by atoms with E-state index in [1.807, 2.05) is 23.0 Å². The molecule has 1 aromatic heterocycles. The minimum absolute atomic E-state index is 0.0725. The highest BCUT2D eigenvalue weighted by Gasteiger charge is 2.18. The summed E-state index contributed by atoms with van der Waals surface area (Å²) >= 11 is 3.33. The van der Waals surface area contributed by atoms with Gasteiger partial charge in [0.15, 0.2) is 0 Å². The van der Waals surface area contributed by atoms with Crippen LogP contribution in [0, 0.1) is 10.1 Å². The van der Waals surface area contributed by atoms with E-state index >= 15 is 0 Å². The Balaban J connectivity index is 1.39. The first-order valence-corrected chi connectivity index (χ1v) is 14.5. The molecule has 0 saturated heterocycles. The average molecular weight is 542 g/mol. The fraction of sp³-hybridized carbons (Fsp3) is 0.241. The zero-order chi connectivity index (χ0) is 26.1. The van der Waals surface area contributed by atoms with E-state index in [9.17, 15) is 10.1 Å². The molecule has 1 N–H and O–H groups in total. The predicted octanol–water partition coefficient (Wildman–Crippen LogP) is 7.84. The number of para-hydroxylation sites is 1. The summed E-state index contributed by atoms with van der Waals surface area (Å²) < 4.78 is 1.91. The van der Waals surface area contributed by atoms with E-state index in [-0.39, 0.29) is 10.6 Å². The zero-order valence-electron chi connectivity index (χ0n) is 21.0. The molecule has 7 nitrogen and oxygen atoms in total. The van der Waals surface area contributed by atoms with Gasteiger partial charge in [0, 0.05) is 32.9 Å². The number of rotatable bonds is 5. The Morgan fingerprint density at radius 3 is 2.55 bits per heavy atom. The molecule has 1 aliphatic heterocycles. The van der Waals surface area contributed by atoms with Crippen LogP contribution < -0.4 is 10.1 Å². The highest BCUT2D eigenvalue weighted by atomic mass is 32.2. The van der Waals surface area contributed by atoms with Crippen molar-refractivity contribution in [2.24, 2.45) is 10.1 Å². The molecule has 1 fully saturated rings. The largest absolute Gasteiger partial charge is 0.354 e. The Kier molecular flexibility index (Phi) is 6.86. The number of hydrogen-bond donors (Lipinski definition) is 1. The van der Waals surface area contributed by atoms with Crippen molar-refractivity contribution in [2.75, 3.05) is 5.32 Å². The topological polar surface area (TPSA) is 84.8 Å². The Bertz CT molecular complexity index is 1600. The molecule has 1 saturated carbocycles. The summed E-state index contributed by atoms with van der Waals surface area (Å²) in [6, 6.07) is 21.7. The number of nitrogens with zero attached hydrogens (tertiary/aromatic N) is 4. The van der Waals surface area contributed by atoms with Crippen LogP contribution >= 0.6 is 23.1 Å². The van der Waals surface area contributed by atoms with Crippen molar-refractivity contribution in [1.82, 2.24) is 4.68 Å². The quantitative estimate of drug-likeness (QED) is 0.140. The Hall–Kier alpha value is -3.69. The normalized spacial score (nSPS) is 16.0. The fourth-order valence-corrected chi connectivity index (χ4v) is 6.75. The molecule has 0 atom stereocenters. The summed E-state index contributed by atoms with van der Waals surface area (Å²) in [6.45, 7) is 2.01. The van der Waals surface area contributed by atoms with Crippen molar-refractivity contribution in [1.29, 1.82) is 0 Å². The van der Waals surface area contributed by atoms with E-state index in [1.165, 1.54) is 41.2 Å². The summed E-state index contributed by atoms with van der Waals surface area (Å²) in [5.74, 6) is 0. The van der Waals surface area contributed by atoms with Crippen LogP contribution in [0.2, 0.25) is 0 Å². The zero-order valence-corrected chi connectivity index (χ0v) is 22.6. The number of thiazole rings is 1. The van der Waals surface area contributed by atoms with Crippen LogP contribution in [-0.2, 0) is 0 Å². The number of fused-ring (bicyclic) bond motifs is 2. The van der Waals surface area contributed by atoms with Gasteiger partial charge < -0.3 is 5.32 Å². The maximum atomic E-state index is 11.2. The number of benzene rings is 3. The number of aromatic nitrogens is 1. The van der Waals surface area contributed by atoms with Crippen molar-refractivity contribution in [3.05, 3.63) is 92.6 Å². The van der Waals surface area contributed by atoms with Crippen LogP contribution in [0.4, 0.5) is 17.1 Å². The van der Waals surface area contributed by atoms with Gasteiger partial charge in [-0.05, 0) is 61.7 Å². The lowest BCUT2D eigenvalue weighted by Gasteiger charge is -2.21. The number of non-ortho nitro benzene ring substituents is 1. The lowest BCUT2D eigenvalue weighted by atomic mass is 9.96. The van der Waals surface area contributed by atoms with Crippen LogP contribution in [0.1, 0.15) is 44.6 Å². The first-order valence-electron chi connectivity index (χ1n) is 12.8. The summed E-state index contributed by atoms with van der Waals surface area (Å²) in [7, 11) is 0. The van der Waals surface area contributed by atoms with Gasteiger partial charge in [-0.15, -0.1) is 11.3 Å². The van der Waals surface area contributed by atoms with Crippen molar-refractivity contribution >= 4 is 45.9 Å². The predicted molar refractivity (Wildman–Crippen MR) is 155 cm³/mol. The van der Waals surface area contributed by atoms with Crippen LogP contribution in [0.25, 0.3) is 11.3 Å². The standard InChI is InChI=1S/C29H27N5O2S2/c1-19(21-13-16-28-25(17-21)31-24-9-5-6-10-27(24)38-28)32-33-26(20-11-14-23(15-12-20)34(35)36)18-37-29(33)30-22-7-3-2-4-8-22/h5-6,9-18,22,31H,2-4,7-8H2,1H3. The molecule has 4 aromatic rings. The number of nitrogens with one attached hydrogen (secondary N) is 1. The van der Waals surface area contributed by atoms with Gasteiger partial charge in [0.25, 0.3) is 5.69 Å². The van der Waals surface area contributed by atoms with Crippen molar-refractivity contribution in [3.63, 3.8) is 0 Å². The minimum atomic E-state index is -0.377. The fourth-order valence-electron chi connectivity index (χ4n) is 4.88. The first kappa shape index (κ1) is 24.6. The number of nitro benzene ring substituents is 1. The van der Waals surface area contributed by atoms with Gasteiger partial charge in [0.1, 0.15) is 0 Å². The lowest BCUT2D eigenvalue weighted by Crippen LogP contribution is -2.19. The molecule has 0 bridgehead atoms. The molecule has 0 spiro atoms. The molecular formula is C29H27N5O2S2. The monoisotopic (exact) mass is 541 g/mol. The number of nitro groups is 1. The van der Waals surface area contributed by atoms with Crippen LogP contribution in [0.5, 0.6) is 0 Å². The van der Waals surface area contributed by atoms with Gasteiger partial charge in [-0.1, -0.05) is 49.2 Å². The van der Waals surface area contributed by atoms with Gasteiger partial charge in [-0.2, -0.15) is 5.10 Å². The lowest BCUT2D eigenvalue weighted by molar-refractivity contribution is -0.384. The third-order valence-corrected chi connectivity index (χ3v) is 8.93. The molecular weight excluding hydrogens is 514 g/mol. The average Bonchev–Trinajstić information content (AvgIpc) is 3.33. The maximum absolute atomic E-state index is 11.2. The summed E-state index contributed by atoms with van der Waals surface area (Å²) in [6.07, 6.45) is 5.89. The highest BCUT2D eigenvalue weighted by molar-refractivity contribution is 7.99. The van der Waals surface area contributed by atoms with E-state index in [0.29, 0.717) is 6.04 Å². The molecule has 3 aromatic carbocycles. The van der Waals surface area contributed by atoms with Crippen LogP contribution in [-0.4, -0.2) is 21.4 Å². The van der Waals surface area contributed by atoms with Crippen molar-refractivity contribution < 1.29 is 4.92 Å². The van der Waals surface area contributed by atoms with Gasteiger partial charge in [0.05, 0.1) is 33.7 Å². The summed E-state index contributed by atoms with van der Waals surface area (Å²) in [5, 5.41) is 21.8. The maximum Gasteiger partial charge on any atom is 0.269 e. The second kappa shape index (κ2) is 10.6. The van der Waals surface area contributed by atoms with Crippen LogP contribution in [0.15, 0.2) is 92.0 Å². The third-order valence-electron chi connectivity index (χ3n) is 6.95. The molecule has 1 aliphatic carbocycles. The highest BCUT2D eigenvalue weighted by Crippen LogP contribution is 2.44. The Morgan fingerprint density at radius 2 is 1.76 bits per heavy atom. The van der Waals surface area contributed by atoms with Crippen LogP contribution in [0.3, 0.4) is 0 Å². The van der Waals surface area contributed by atoms with Gasteiger partial charge in [0.2, 0.25) is 4.80 Å². The van der Waals surface area contributed by atoms with E-state index < -0.39 is 0 Å². The Labute approximate surface area is 229 Å². The van der Waals surface area contributed by atoms with Gasteiger partial charge in [-0.25, -0.2) is 4.68 Å². The minimum Gasteiger partial charge on any atom is -0.354 e. The van der Waals surface area contributed by atoms with Crippen molar-refractivity contribution in [3.8, 4) is 11.3 Å². The SMILES string of the molecule is CC(=Nn1c(-c2ccc([N+](=O)[O-])cc2)csc1=NC1CCCCC1)c1ccc2c(c1)Nc1ccccc1S2. The second-order valence-corrected chi connectivity index (χ2v) is 11.5. The molecule has 0 radical (unpaired) electrons. The van der Waals surface area contributed by atoms with E-state index in [0.717, 1.165) is 51.6 Å². The first-order chi connectivity index (χ1) is 18.5. The molecule has 0 amide bonds. The van der Waals surface area contributed by atoms with E-state index in [4.69, 9.17) is 10.1 Å². The van der Waals surface area contributed by atoms with Gasteiger partial charge in [-0.3, -0.25) is 15.1 Å². The molecule has 192 valence electrons. The Morgan fingerprint density at radius 1 is 1.00 bits per heavy atom. The molecule has 2 heterocycles. The van der Waals surface area contributed by atoms with Gasteiger partial charge >= 0.3 is 0 Å².